The van der Waals surface area contributed by atoms with E-state index in [1.165, 1.54) is 43.2 Å². The van der Waals surface area contributed by atoms with Gasteiger partial charge in [-0.3, -0.25) is 0 Å². The van der Waals surface area contributed by atoms with Crippen molar-refractivity contribution >= 4 is 33.7 Å². The molecular formula is C53H32N2OS. The molecule has 0 amide bonds. The number of para-hydroxylation sites is 1. The molecule has 0 bridgehead atoms. The molecule has 266 valence electrons. The Morgan fingerprint density at radius 2 is 0.965 bits per heavy atom. The van der Waals surface area contributed by atoms with Gasteiger partial charge in [0.25, 0.3) is 0 Å². The third-order valence-corrected chi connectivity index (χ3v) is 12.9. The summed E-state index contributed by atoms with van der Waals surface area (Å²) in [5.74, 6) is 0.678. The minimum Gasteiger partial charge on any atom is -0.456 e. The van der Waals surface area contributed by atoms with Crippen molar-refractivity contribution in [3.8, 4) is 56.2 Å². The van der Waals surface area contributed by atoms with Crippen LogP contribution in [-0.4, -0.2) is 9.97 Å². The summed E-state index contributed by atoms with van der Waals surface area (Å²) < 4.78 is 6.29. The number of rotatable bonds is 4. The lowest BCUT2D eigenvalue weighted by Gasteiger charge is -2.39. The highest BCUT2D eigenvalue weighted by atomic mass is 32.2. The number of aromatic nitrogens is 2. The largest absolute Gasteiger partial charge is 0.456 e. The fraction of sp³-hybridized carbons (Fsp3) is 0.0189. The molecule has 0 saturated heterocycles. The van der Waals surface area contributed by atoms with Gasteiger partial charge in [-0.1, -0.05) is 163 Å². The lowest BCUT2D eigenvalue weighted by Crippen LogP contribution is -2.31. The SMILES string of the molecule is c1ccc(-c2cc(-c3ccc4c(c3)oc3ccccc34)nc(-c3cccc(-c4ccc5c(c4)Sc4ccccc4C54c5ccccc5-c5ccccc54)c3)n2)cc1. The second-order valence-corrected chi connectivity index (χ2v) is 16.0. The lowest BCUT2D eigenvalue weighted by atomic mass is 9.67. The summed E-state index contributed by atoms with van der Waals surface area (Å²) in [5.41, 5.74) is 16.3. The summed E-state index contributed by atoms with van der Waals surface area (Å²) in [6.07, 6.45) is 0. The molecule has 1 aliphatic heterocycles. The van der Waals surface area contributed by atoms with Crippen LogP contribution < -0.4 is 0 Å². The zero-order chi connectivity index (χ0) is 37.5. The predicted octanol–water partition coefficient (Wildman–Crippen LogP) is 13.9. The lowest BCUT2D eigenvalue weighted by molar-refractivity contribution is 0.669. The first-order chi connectivity index (χ1) is 28.2. The van der Waals surface area contributed by atoms with E-state index in [9.17, 15) is 0 Å². The van der Waals surface area contributed by atoms with Gasteiger partial charge in [0, 0.05) is 37.3 Å². The highest BCUT2D eigenvalue weighted by molar-refractivity contribution is 7.99. The normalized spacial score (nSPS) is 13.3. The first-order valence-corrected chi connectivity index (χ1v) is 20.1. The summed E-state index contributed by atoms with van der Waals surface area (Å²) >= 11 is 1.87. The molecule has 0 fully saturated rings. The Labute approximate surface area is 334 Å². The molecule has 2 aromatic heterocycles. The van der Waals surface area contributed by atoms with Crippen LogP contribution in [0.25, 0.3) is 78.1 Å². The molecule has 57 heavy (non-hydrogen) atoms. The maximum atomic E-state index is 6.29. The second-order valence-electron chi connectivity index (χ2n) is 14.9. The van der Waals surface area contributed by atoms with Crippen LogP contribution in [0.3, 0.4) is 0 Å². The van der Waals surface area contributed by atoms with Crippen molar-refractivity contribution in [3.05, 3.63) is 216 Å². The summed E-state index contributed by atoms with van der Waals surface area (Å²) in [6, 6.07) is 69.6. The third kappa shape index (κ3) is 4.87. The first-order valence-electron chi connectivity index (χ1n) is 19.3. The van der Waals surface area contributed by atoms with Crippen molar-refractivity contribution in [2.24, 2.45) is 0 Å². The summed E-state index contributed by atoms with van der Waals surface area (Å²) in [7, 11) is 0. The fourth-order valence-electron chi connectivity index (χ4n) is 9.24. The van der Waals surface area contributed by atoms with Crippen molar-refractivity contribution < 1.29 is 4.42 Å². The average molecular weight is 745 g/mol. The topological polar surface area (TPSA) is 38.9 Å². The third-order valence-electron chi connectivity index (χ3n) is 11.8. The molecule has 3 heterocycles. The summed E-state index contributed by atoms with van der Waals surface area (Å²) in [4.78, 5) is 13.0. The van der Waals surface area contributed by atoms with Crippen molar-refractivity contribution in [3.63, 3.8) is 0 Å². The first kappa shape index (κ1) is 32.3. The van der Waals surface area contributed by atoms with E-state index in [2.05, 4.69) is 176 Å². The molecule has 1 spiro atoms. The van der Waals surface area contributed by atoms with Crippen LogP contribution in [0.4, 0.5) is 0 Å². The Balaban J connectivity index is 0.994. The minimum absolute atomic E-state index is 0.391. The molecular weight excluding hydrogens is 713 g/mol. The van der Waals surface area contributed by atoms with E-state index in [4.69, 9.17) is 14.4 Å². The van der Waals surface area contributed by atoms with Crippen LogP contribution in [0.15, 0.2) is 208 Å². The molecule has 12 rings (SSSR count). The van der Waals surface area contributed by atoms with Gasteiger partial charge in [-0.05, 0) is 87.0 Å². The number of benzene rings is 8. The zero-order valence-corrected chi connectivity index (χ0v) is 31.5. The molecule has 10 aromatic rings. The molecule has 8 aromatic carbocycles. The van der Waals surface area contributed by atoms with E-state index in [-0.39, 0.29) is 0 Å². The van der Waals surface area contributed by atoms with Gasteiger partial charge in [-0.15, -0.1) is 0 Å². The zero-order valence-electron chi connectivity index (χ0n) is 30.7. The average Bonchev–Trinajstić information content (AvgIpc) is 3.80. The number of hydrogen-bond donors (Lipinski definition) is 0. The number of hydrogen-bond acceptors (Lipinski definition) is 4. The smallest absolute Gasteiger partial charge is 0.160 e. The van der Waals surface area contributed by atoms with Crippen LogP contribution >= 0.6 is 11.8 Å². The van der Waals surface area contributed by atoms with E-state index < -0.39 is 5.41 Å². The fourth-order valence-corrected chi connectivity index (χ4v) is 10.5. The van der Waals surface area contributed by atoms with E-state index in [1.807, 2.05) is 30.0 Å². The Bertz CT molecular complexity index is 3190. The molecule has 2 aliphatic rings. The van der Waals surface area contributed by atoms with Crippen molar-refractivity contribution in [1.82, 2.24) is 9.97 Å². The highest BCUT2D eigenvalue weighted by Gasteiger charge is 2.50. The van der Waals surface area contributed by atoms with E-state index in [0.717, 1.165) is 61.1 Å². The van der Waals surface area contributed by atoms with Crippen LogP contribution in [0, 0.1) is 0 Å². The molecule has 4 heteroatoms. The predicted molar refractivity (Wildman–Crippen MR) is 232 cm³/mol. The molecule has 0 unspecified atom stereocenters. The van der Waals surface area contributed by atoms with Gasteiger partial charge >= 0.3 is 0 Å². The maximum absolute atomic E-state index is 6.29. The van der Waals surface area contributed by atoms with Gasteiger partial charge in [-0.25, -0.2) is 9.97 Å². The number of fused-ring (bicyclic) bond motifs is 12. The van der Waals surface area contributed by atoms with E-state index in [1.54, 1.807) is 0 Å². The van der Waals surface area contributed by atoms with Gasteiger partial charge < -0.3 is 4.42 Å². The van der Waals surface area contributed by atoms with Crippen molar-refractivity contribution in [1.29, 1.82) is 0 Å². The number of nitrogens with zero attached hydrogens (tertiary/aromatic N) is 2. The Hall–Kier alpha value is -7.01. The molecule has 1 aliphatic carbocycles. The Morgan fingerprint density at radius 3 is 1.79 bits per heavy atom. The van der Waals surface area contributed by atoms with Crippen molar-refractivity contribution in [2.75, 3.05) is 0 Å². The Morgan fingerprint density at radius 1 is 0.368 bits per heavy atom. The van der Waals surface area contributed by atoms with Crippen LogP contribution in [0.2, 0.25) is 0 Å². The van der Waals surface area contributed by atoms with Gasteiger partial charge in [0.1, 0.15) is 11.2 Å². The molecule has 3 nitrogen and oxygen atoms in total. The minimum atomic E-state index is -0.391. The van der Waals surface area contributed by atoms with Gasteiger partial charge in [-0.2, -0.15) is 0 Å². The van der Waals surface area contributed by atoms with Crippen LogP contribution in [0.5, 0.6) is 0 Å². The highest BCUT2D eigenvalue weighted by Crippen LogP contribution is 2.62. The molecule has 0 atom stereocenters. The monoisotopic (exact) mass is 744 g/mol. The second kappa shape index (κ2) is 12.5. The van der Waals surface area contributed by atoms with Gasteiger partial charge in [0.2, 0.25) is 0 Å². The summed E-state index contributed by atoms with van der Waals surface area (Å²) in [5, 5.41) is 2.21. The maximum Gasteiger partial charge on any atom is 0.160 e. The molecule has 0 saturated carbocycles. The number of furan rings is 1. The van der Waals surface area contributed by atoms with Crippen LogP contribution in [-0.2, 0) is 5.41 Å². The van der Waals surface area contributed by atoms with Gasteiger partial charge in [0.05, 0.1) is 16.8 Å². The standard InChI is InChI=1S/C53H32N2OS/c1-2-13-33(14-3-1)46-32-47(36-25-27-41-40-19-6-10-23-48(40)56-49(41)30-36)55-52(54-46)37-16-12-15-34(29-37)35-26-28-45-51(31-35)57-50-24-11-9-22-44(50)53(45)42-20-7-4-17-38(42)39-18-5-8-21-43(39)53/h1-32H. The van der Waals surface area contributed by atoms with Crippen molar-refractivity contribution in [2.45, 2.75) is 15.2 Å². The summed E-state index contributed by atoms with van der Waals surface area (Å²) in [6.45, 7) is 0. The van der Waals surface area contributed by atoms with E-state index >= 15 is 0 Å². The van der Waals surface area contributed by atoms with Crippen LogP contribution in [0.1, 0.15) is 22.3 Å². The Kier molecular flexibility index (Phi) is 7.08. The van der Waals surface area contributed by atoms with E-state index in [0.29, 0.717) is 5.82 Å². The quantitative estimate of drug-likeness (QED) is 0.180. The molecule has 0 N–H and O–H groups in total. The molecule has 0 radical (unpaired) electrons. The van der Waals surface area contributed by atoms with Gasteiger partial charge in [0.15, 0.2) is 5.82 Å².